The van der Waals surface area contributed by atoms with Crippen molar-refractivity contribution in [2.24, 2.45) is 0 Å². The summed E-state index contributed by atoms with van der Waals surface area (Å²) in [5.74, 6) is 5.74. The van der Waals surface area contributed by atoms with Crippen molar-refractivity contribution in [2.75, 3.05) is 40.1 Å². The lowest BCUT2D eigenvalue weighted by Gasteiger charge is -2.15. The van der Waals surface area contributed by atoms with Crippen molar-refractivity contribution in [1.29, 1.82) is 0 Å². The number of carbonyl (C=O) groups excluding carboxylic acids is 2. The molecule has 1 atom stereocenters. The van der Waals surface area contributed by atoms with E-state index in [0.29, 0.717) is 38.4 Å². The second-order valence-corrected chi connectivity index (χ2v) is 5.17. The summed E-state index contributed by atoms with van der Waals surface area (Å²) in [6.45, 7) is 3.37. The average Bonchev–Trinajstić information content (AvgIpc) is 2.65. The lowest BCUT2D eigenvalue weighted by Crippen LogP contribution is -2.39. The van der Waals surface area contributed by atoms with Crippen molar-refractivity contribution in [2.45, 2.75) is 19.4 Å². The Kier molecular flexibility index (Phi) is 11.3. The summed E-state index contributed by atoms with van der Waals surface area (Å²) in [4.78, 5) is 22.9. The first-order valence-electron chi connectivity index (χ1n) is 8.25. The topological polar surface area (TPSA) is 83.1 Å². The highest BCUT2D eigenvalue weighted by Crippen LogP contribution is 2.13. The molecule has 0 bridgehead atoms. The Morgan fingerprint density at radius 3 is 2.58 bits per heavy atom. The van der Waals surface area contributed by atoms with E-state index < -0.39 is 12.0 Å². The van der Waals surface area contributed by atoms with Crippen LogP contribution in [0, 0.1) is 11.8 Å². The highest BCUT2D eigenvalue weighted by molar-refractivity contribution is 5.78. The molecule has 0 unspecified atom stereocenters. The van der Waals surface area contributed by atoms with E-state index in [4.69, 9.17) is 18.9 Å². The molecule has 7 heteroatoms. The first-order chi connectivity index (χ1) is 12.7. The van der Waals surface area contributed by atoms with E-state index in [1.807, 2.05) is 12.1 Å². The van der Waals surface area contributed by atoms with Crippen LogP contribution in [0.3, 0.4) is 0 Å². The third kappa shape index (κ3) is 9.06. The molecule has 1 aromatic carbocycles. The second-order valence-electron chi connectivity index (χ2n) is 5.17. The smallest absolute Gasteiger partial charge is 0.329 e. The van der Waals surface area contributed by atoms with Gasteiger partial charge in [-0.15, -0.1) is 5.92 Å². The molecule has 1 rings (SSSR count). The van der Waals surface area contributed by atoms with E-state index in [1.54, 1.807) is 26.2 Å². The predicted octanol–water partition coefficient (Wildman–Crippen LogP) is 0.952. The maximum Gasteiger partial charge on any atom is 0.329 e. The van der Waals surface area contributed by atoms with Crippen LogP contribution in [0.5, 0.6) is 5.75 Å². The molecular weight excluding hydrogens is 338 g/mol. The van der Waals surface area contributed by atoms with Crippen molar-refractivity contribution < 1.29 is 28.5 Å². The Balaban J connectivity index is 2.46. The molecule has 1 N–H and O–H groups in total. The summed E-state index contributed by atoms with van der Waals surface area (Å²) in [7, 11) is 1.58. The lowest BCUT2D eigenvalue weighted by molar-refractivity contribution is -0.148. The normalized spacial score (nSPS) is 11.0. The molecule has 1 aromatic rings. The van der Waals surface area contributed by atoms with Crippen LogP contribution in [-0.2, 0) is 30.2 Å². The number of benzene rings is 1. The summed E-state index contributed by atoms with van der Waals surface area (Å²) in [6.07, 6.45) is 0.805. The number of nitrogens with one attached hydrogen (secondary N) is 1. The minimum absolute atomic E-state index is 0.116. The van der Waals surface area contributed by atoms with E-state index >= 15 is 0 Å². The molecule has 0 heterocycles. The monoisotopic (exact) mass is 363 g/mol. The van der Waals surface area contributed by atoms with Crippen LogP contribution >= 0.6 is 0 Å². The van der Waals surface area contributed by atoms with Gasteiger partial charge in [0.25, 0.3) is 0 Å². The Bertz CT molecular complexity index is 590. The van der Waals surface area contributed by atoms with Crippen LogP contribution in [0.25, 0.3) is 0 Å². The van der Waals surface area contributed by atoms with Crippen LogP contribution < -0.4 is 10.1 Å². The van der Waals surface area contributed by atoms with Gasteiger partial charge in [0.05, 0.1) is 19.8 Å². The highest BCUT2D eigenvalue weighted by Gasteiger charge is 2.19. The number of rotatable bonds is 13. The zero-order chi connectivity index (χ0) is 19.0. The Morgan fingerprint density at radius 2 is 1.92 bits per heavy atom. The van der Waals surface area contributed by atoms with Crippen LogP contribution in [0.1, 0.15) is 12.5 Å². The Hall–Kier alpha value is -2.56. The summed E-state index contributed by atoms with van der Waals surface area (Å²) >= 11 is 0. The van der Waals surface area contributed by atoms with Gasteiger partial charge >= 0.3 is 5.97 Å². The number of amides is 1. The quantitative estimate of drug-likeness (QED) is 0.243. The van der Waals surface area contributed by atoms with Gasteiger partial charge in [0.1, 0.15) is 25.0 Å². The number of carbonyl (C=O) groups is 2. The van der Waals surface area contributed by atoms with Gasteiger partial charge in [-0.1, -0.05) is 18.1 Å². The molecule has 0 aliphatic rings. The van der Waals surface area contributed by atoms with Crippen LogP contribution in [0.4, 0.5) is 0 Å². The van der Waals surface area contributed by atoms with Crippen molar-refractivity contribution in [1.82, 2.24) is 5.32 Å². The number of ether oxygens (including phenoxy) is 4. The molecular formula is C19H25NO6. The number of hydrogen-bond donors (Lipinski definition) is 1. The lowest BCUT2D eigenvalue weighted by atomic mass is 10.1. The minimum atomic E-state index is -0.760. The predicted molar refractivity (Wildman–Crippen MR) is 95.7 cm³/mol. The third-order valence-corrected chi connectivity index (χ3v) is 3.31. The van der Waals surface area contributed by atoms with Crippen LogP contribution in [0.2, 0.25) is 0 Å². The molecule has 7 nitrogen and oxygen atoms in total. The molecule has 0 spiro atoms. The van der Waals surface area contributed by atoms with E-state index in [9.17, 15) is 9.59 Å². The number of hydrogen-bond acceptors (Lipinski definition) is 6. The van der Waals surface area contributed by atoms with Gasteiger partial charge in [0, 0.05) is 13.5 Å². The van der Waals surface area contributed by atoms with Gasteiger partial charge in [-0.2, -0.15) is 0 Å². The summed E-state index contributed by atoms with van der Waals surface area (Å²) in [5.41, 5.74) is 0.867. The average molecular weight is 363 g/mol. The zero-order valence-corrected chi connectivity index (χ0v) is 15.2. The molecule has 0 aliphatic carbocycles. The van der Waals surface area contributed by atoms with Gasteiger partial charge in [-0.05, 0) is 24.6 Å². The molecule has 0 radical (unpaired) electrons. The summed E-state index contributed by atoms with van der Waals surface area (Å²) < 4.78 is 20.6. The number of methoxy groups -OCH3 is 1. The second kappa shape index (κ2) is 13.7. The van der Waals surface area contributed by atoms with Gasteiger partial charge in [0.2, 0.25) is 6.41 Å². The molecule has 26 heavy (non-hydrogen) atoms. The Morgan fingerprint density at radius 1 is 1.19 bits per heavy atom. The van der Waals surface area contributed by atoms with Crippen LogP contribution in [-0.4, -0.2) is 58.6 Å². The highest BCUT2D eigenvalue weighted by atomic mass is 16.6. The molecule has 0 aromatic heterocycles. The van der Waals surface area contributed by atoms with E-state index in [2.05, 4.69) is 17.2 Å². The van der Waals surface area contributed by atoms with Crippen molar-refractivity contribution in [3.05, 3.63) is 29.8 Å². The maximum absolute atomic E-state index is 12.1. The van der Waals surface area contributed by atoms with E-state index in [0.717, 1.165) is 5.56 Å². The zero-order valence-electron chi connectivity index (χ0n) is 15.2. The van der Waals surface area contributed by atoms with Gasteiger partial charge in [0.15, 0.2) is 0 Å². The van der Waals surface area contributed by atoms with E-state index in [-0.39, 0.29) is 13.2 Å². The third-order valence-electron chi connectivity index (χ3n) is 3.31. The summed E-state index contributed by atoms with van der Waals surface area (Å²) in [6, 6.07) is 6.48. The molecule has 0 saturated carbocycles. The van der Waals surface area contributed by atoms with Crippen molar-refractivity contribution >= 4 is 12.4 Å². The van der Waals surface area contributed by atoms with Crippen LogP contribution in [0.15, 0.2) is 24.3 Å². The number of esters is 1. The van der Waals surface area contributed by atoms with E-state index in [1.165, 1.54) is 0 Å². The first-order valence-corrected chi connectivity index (χ1v) is 8.25. The molecule has 0 saturated heterocycles. The largest absolute Gasteiger partial charge is 0.481 e. The Labute approximate surface area is 154 Å². The van der Waals surface area contributed by atoms with Crippen molar-refractivity contribution in [3.63, 3.8) is 0 Å². The van der Waals surface area contributed by atoms with Gasteiger partial charge < -0.3 is 24.3 Å². The maximum atomic E-state index is 12.1. The molecule has 0 aliphatic heterocycles. The minimum Gasteiger partial charge on any atom is -0.481 e. The van der Waals surface area contributed by atoms with Crippen molar-refractivity contribution in [3.8, 4) is 17.6 Å². The fourth-order valence-corrected chi connectivity index (χ4v) is 1.99. The van der Waals surface area contributed by atoms with Gasteiger partial charge in [-0.25, -0.2) is 4.79 Å². The molecule has 142 valence electrons. The fourth-order valence-electron chi connectivity index (χ4n) is 1.99. The SMILES string of the molecule is CC#CCOc1ccc(C[C@H](NC=O)C(=O)OCCOCCOC)cc1. The molecule has 1 amide bonds. The fraction of sp³-hybridized carbons (Fsp3) is 0.474. The first kappa shape index (κ1) is 21.5. The standard InChI is InChI=1S/C19H25NO6/c1-3-4-9-25-17-7-5-16(6-8-17)14-18(20-15-21)19(22)26-13-12-24-11-10-23-2/h5-8,15,18H,9-14H2,1-2H3,(H,20,21)/t18-/m0/s1. The molecule has 0 fully saturated rings. The summed E-state index contributed by atoms with van der Waals surface area (Å²) in [5, 5.41) is 2.48. The van der Waals surface area contributed by atoms with Gasteiger partial charge in [-0.3, -0.25) is 4.79 Å².